The fraction of sp³-hybridized carbons (Fsp3) is 0.290. The summed E-state index contributed by atoms with van der Waals surface area (Å²) >= 11 is 0. The number of ether oxygens (including phenoxy) is 2. The number of aromatic nitrogens is 1. The molecule has 1 N–H and O–H groups in total. The second-order valence-electron chi connectivity index (χ2n) is 9.49. The molecule has 2 amide bonds. The molecule has 4 rings (SSSR count). The molecule has 0 atom stereocenters. The van der Waals surface area contributed by atoms with Crippen molar-refractivity contribution in [2.24, 2.45) is 0 Å². The van der Waals surface area contributed by atoms with E-state index in [0.29, 0.717) is 30.8 Å². The minimum absolute atomic E-state index is 0.0223. The van der Waals surface area contributed by atoms with Crippen molar-refractivity contribution in [1.82, 2.24) is 14.8 Å². The Bertz CT molecular complexity index is 1380. The number of carbonyl (C=O) groups excluding carboxylic acids is 2. The average Bonchev–Trinajstić information content (AvgIpc) is 3.36. The number of amides is 2. The summed E-state index contributed by atoms with van der Waals surface area (Å²) in [6, 6.07) is 22.7. The SMILES string of the molecule is COc1ccc(C(=O)N(CC(=O)N(CCc2c[nH]c3ccccc23)Cc2ccccc2OC)C(C)C)cc1. The normalized spacial score (nSPS) is 11.0. The number of nitrogens with one attached hydrogen (secondary N) is 1. The minimum Gasteiger partial charge on any atom is -0.497 e. The number of rotatable bonds is 11. The Labute approximate surface area is 224 Å². The van der Waals surface area contributed by atoms with E-state index in [0.717, 1.165) is 27.8 Å². The Balaban J connectivity index is 1.56. The predicted molar refractivity (Wildman–Crippen MR) is 150 cm³/mol. The lowest BCUT2D eigenvalue weighted by Gasteiger charge is -2.30. The van der Waals surface area contributed by atoms with Crippen LogP contribution in [-0.2, 0) is 17.8 Å². The van der Waals surface area contributed by atoms with Gasteiger partial charge in [0.2, 0.25) is 5.91 Å². The third-order valence-corrected chi connectivity index (χ3v) is 6.76. The molecule has 0 saturated heterocycles. The Morgan fingerprint density at radius 2 is 1.58 bits per heavy atom. The molecule has 7 nitrogen and oxygen atoms in total. The molecule has 0 spiro atoms. The van der Waals surface area contributed by atoms with E-state index in [9.17, 15) is 9.59 Å². The molecule has 0 aliphatic rings. The third kappa shape index (κ3) is 6.17. The van der Waals surface area contributed by atoms with E-state index in [-0.39, 0.29) is 24.4 Å². The van der Waals surface area contributed by atoms with Gasteiger partial charge in [0.1, 0.15) is 18.0 Å². The summed E-state index contributed by atoms with van der Waals surface area (Å²) in [4.78, 5) is 33.9. The van der Waals surface area contributed by atoms with Gasteiger partial charge in [-0.25, -0.2) is 0 Å². The van der Waals surface area contributed by atoms with Crippen molar-refractivity contribution < 1.29 is 19.1 Å². The second-order valence-corrected chi connectivity index (χ2v) is 9.49. The van der Waals surface area contributed by atoms with Gasteiger partial charge < -0.3 is 24.3 Å². The number of nitrogens with zero attached hydrogens (tertiary/aromatic N) is 2. The van der Waals surface area contributed by atoms with Crippen molar-refractivity contribution in [2.75, 3.05) is 27.3 Å². The van der Waals surface area contributed by atoms with Crippen molar-refractivity contribution in [3.63, 3.8) is 0 Å². The summed E-state index contributed by atoms with van der Waals surface area (Å²) in [5.74, 6) is 1.09. The van der Waals surface area contributed by atoms with Crippen molar-refractivity contribution in [1.29, 1.82) is 0 Å². The van der Waals surface area contributed by atoms with Crippen LogP contribution in [0.2, 0.25) is 0 Å². The van der Waals surface area contributed by atoms with Gasteiger partial charge in [0.05, 0.1) is 14.2 Å². The first-order chi connectivity index (χ1) is 18.4. The molecule has 0 aliphatic heterocycles. The lowest BCUT2D eigenvalue weighted by atomic mass is 10.1. The van der Waals surface area contributed by atoms with Crippen LogP contribution in [-0.4, -0.2) is 59.9 Å². The fourth-order valence-electron chi connectivity index (χ4n) is 4.56. The first-order valence-corrected chi connectivity index (χ1v) is 12.8. The summed E-state index contributed by atoms with van der Waals surface area (Å²) in [7, 11) is 3.22. The molecule has 0 bridgehead atoms. The monoisotopic (exact) mass is 513 g/mol. The van der Waals surface area contributed by atoms with Crippen molar-refractivity contribution in [3.05, 3.63) is 95.7 Å². The number of aromatic amines is 1. The van der Waals surface area contributed by atoms with Crippen molar-refractivity contribution >= 4 is 22.7 Å². The Hall–Kier alpha value is -4.26. The molecule has 0 aliphatic carbocycles. The highest BCUT2D eigenvalue weighted by Gasteiger charge is 2.25. The maximum absolute atomic E-state index is 13.8. The van der Waals surface area contributed by atoms with Gasteiger partial charge in [-0.15, -0.1) is 0 Å². The van der Waals surface area contributed by atoms with E-state index in [1.54, 1.807) is 43.4 Å². The predicted octanol–water partition coefficient (Wildman–Crippen LogP) is 5.31. The Kier molecular flexibility index (Phi) is 8.69. The maximum Gasteiger partial charge on any atom is 0.254 e. The van der Waals surface area contributed by atoms with E-state index >= 15 is 0 Å². The second kappa shape index (κ2) is 12.3. The van der Waals surface area contributed by atoms with E-state index in [4.69, 9.17) is 9.47 Å². The van der Waals surface area contributed by atoms with Gasteiger partial charge in [-0.05, 0) is 62.2 Å². The quantitative estimate of drug-likeness (QED) is 0.295. The van der Waals surface area contributed by atoms with Gasteiger partial charge in [0.15, 0.2) is 0 Å². The van der Waals surface area contributed by atoms with Crippen LogP contribution in [0.1, 0.15) is 35.3 Å². The molecule has 0 radical (unpaired) electrons. The van der Waals surface area contributed by atoms with Gasteiger partial charge in [0.25, 0.3) is 5.91 Å². The van der Waals surface area contributed by atoms with E-state index in [1.807, 2.05) is 67.4 Å². The molecule has 0 saturated carbocycles. The highest BCUT2D eigenvalue weighted by molar-refractivity contribution is 5.96. The zero-order valence-electron chi connectivity index (χ0n) is 22.4. The summed E-state index contributed by atoms with van der Waals surface area (Å²) < 4.78 is 10.8. The molecule has 4 aromatic rings. The van der Waals surface area contributed by atoms with Crippen molar-refractivity contribution in [3.8, 4) is 11.5 Å². The van der Waals surface area contributed by atoms with Gasteiger partial charge in [0, 0.05) is 47.4 Å². The number of carbonyl (C=O) groups is 2. The standard InChI is InChI=1S/C31H35N3O4/c1-22(2)34(31(36)23-13-15-26(37-3)16-14-23)21-30(35)33(20-25-9-5-8-12-29(25)38-4)18-17-24-19-32-28-11-7-6-10-27(24)28/h5-16,19,22,32H,17-18,20-21H2,1-4H3. The fourth-order valence-corrected chi connectivity index (χ4v) is 4.56. The number of para-hydroxylation sites is 2. The highest BCUT2D eigenvalue weighted by atomic mass is 16.5. The first-order valence-electron chi connectivity index (χ1n) is 12.8. The van der Waals surface area contributed by atoms with Crippen LogP contribution < -0.4 is 9.47 Å². The highest BCUT2D eigenvalue weighted by Crippen LogP contribution is 2.22. The number of fused-ring (bicyclic) bond motifs is 1. The Morgan fingerprint density at radius 3 is 2.29 bits per heavy atom. The van der Waals surface area contributed by atoms with Crippen LogP contribution in [0.15, 0.2) is 79.0 Å². The molecule has 0 unspecified atom stereocenters. The lowest BCUT2D eigenvalue weighted by molar-refractivity contribution is -0.132. The minimum atomic E-state index is -0.190. The number of hydrogen-bond donors (Lipinski definition) is 1. The summed E-state index contributed by atoms with van der Waals surface area (Å²) in [6.45, 7) is 4.71. The summed E-state index contributed by atoms with van der Waals surface area (Å²) in [5, 5.41) is 1.15. The number of H-pyrrole nitrogens is 1. The van der Waals surface area contributed by atoms with Gasteiger partial charge in [-0.1, -0.05) is 36.4 Å². The molecular formula is C31H35N3O4. The smallest absolute Gasteiger partial charge is 0.254 e. The lowest BCUT2D eigenvalue weighted by Crippen LogP contribution is -2.46. The van der Waals surface area contributed by atoms with Crippen LogP contribution in [0.3, 0.4) is 0 Å². The maximum atomic E-state index is 13.8. The number of methoxy groups -OCH3 is 2. The van der Waals surface area contributed by atoms with E-state index < -0.39 is 0 Å². The zero-order valence-corrected chi connectivity index (χ0v) is 22.4. The molecule has 1 aromatic heterocycles. The van der Waals surface area contributed by atoms with Crippen LogP contribution in [0.4, 0.5) is 0 Å². The number of hydrogen-bond acceptors (Lipinski definition) is 4. The van der Waals surface area contributed by atoms with Gasteiger partial charge >= 0.3 is 0 Å². The number of benzene rings is 3. The Morgan fingerprint density at radius 1 is 0.868 bits per heavy atom. The van der Waals surface area contributed by atoms with Crippen molar-refractivity contribution in [2.45, 2.75) is 32.9 Å². The molecule has 0 fully saturated rings. The largest absolute Gasteiger partial charge is 0.497 e. The van der Waals surface area contributed by atoms with E-state index in [2.05, 4.69) is 11.1 Å². The topological polar surface area (TPSA) is 74.9 Å². The summed E-state index contributed by atoms with van der Waals surface area (Å²) in [5.41, 5.74) is 3.65. The third-order valence-electron chi connectivity index (χ3n) is 6.76. The van der Waals surface area contributed by atoms with Crippen LogP contribution in [0.5, 0.6) is 11.5 Å². The van der Waals surface area contributed by atoms with Crippen LogP contribution >= 0.6 is 0 Å². The van der Waals surface area contributed by atoms with Crippen LogP contribution in [0.25, 0.3) is 10.9 Å². The molecule has 198 valence electrons. The first kappa shape index (κ1) is 26.8. The molecule has 3 aromatic carbocycles. The molecular weight excluding hydrogens is 478 g/mol. The summed E-state index contributed by atoms with van der Waals surface area (Å²) in [6.07, 6.45) is 2.68. The van der Waals surface area contributed by atoms with Gasteiger partial charge in [-0.3, -0.25) is 9.59 Å². The average molecular weight is 514 g/mol. The van der Waals surface area contributed by atoms with Gasteiger partial charge in [-0.2, -0.15) is 0 Å². The van der Waals surface area contributed by atoms with Crippen LogP contribution in [0, 0.1) is 0 Å². The molecule has 1 heterocycles. The molecule has 38 heavy (non-hydrogen) atoms. The zero-order chi connectivity index (χ0) is 27.1. The van der Waals surface area contributed by atoms with E-state index in [1.165, 1.54) is 0 Å². The molecule has 7 heteroatoms.